The summed E-state index contributed by atoms with van der Waals surface area (Å²) in [6, 6.07) is 20.5. The topological polar surface area (TPSA) is 29.5 Å². The SMILES string of the molecule is CCCC/C=C1\CN(Cc2ccccc2)CC(C)(OCc2ccccc2)C1=O. The van der Waals surface area contributed by atoms with Gasteiger partial charge in [0, 0.05) is 25.2 Å². The van der Waals surface area contributed by atoms with Gasteiger partial charge in [-0.05, 0) is 24.5 Å². The molecule has 1 aliphatic rings. The summed E-state index contributed by atoms with van der Waals surface area (Å²) in [5.74, 6) is 0.142. The van der Waals surface area contributed by atoms with Crippen LogP contribution in [0.15, 0.2) is 72.3 Å². The standard InChI is InChI=1S/C25H31NO2/c1-3-4-7-16-23-18-26(17-21-12-8-5-9-13-21)20-25(2,24(23)27)28-19-22-14-10-6-11-15-22/h5-6,8-16H,3-4,7,17-20H2,1-2H3/b23-16+. The Bertz CT molecular complexity index is 785. The first-order valence-electron chi connectivity index (χ1n) is 10.3. The second-order valence-corrected chi connectivity index (χ2v) is 7.84. The number of allylic oxidation sites excluding steroid dienone is 1. The zero-order valence-electron chi connectivity index (χ0n) is 17.1. The number of piperidine rings is 1. The molecule has 0 aliphatic carbocycles. The average Bonchev–Trinajstić information content (AvgIpc) is 2.72. The fourth-order valence-corrected chi connectivity index (χ4v) is 3.73. The van der Waals surface area contributed by atoms with E-state index >= 15 is 0 Å². The third kappa shape index (κ3) is 5.40. The van der Waals surface area contributed by atoms with Gasteiger partial charge < -0.3 is 4.74 Å². The Hall–Kier alpha value is -2.23. The van der Waals surface area contributed by atoms with Gasteiger partial charge in [-0.15, -0.1) is 0 Å². The lowest BCUT2D eigenvalue weighted by Crippen LogP contribution is -2.55. The van der Waals surface area contributed by atoms with Crippen molar-refractivity contribution in [3.05, 3.63) is 83.4 Å². The van der Waals surface area contributed by atoms with E-state index in [2.05, 4.69) is 42.2 Å². The Balaban J connectivity index is 1.77. The van der Waals surface area contributed by atoms with Crippen LogP contribution in [-0.4, -0.2) is 29.4 Å². The maximum absolute atomic E-state index is 13.2. The minimum Gasteiger partial charge on any atom is -0.361 e. The molecule has 1 unspecified atom stereocenters. The predicted molar refractivity (Wildman–Crippen MR) is 114 cm³/mol. The van der Waals surface area contributed by atoms with Crippen LogP contribution in [0.5, 0.6) is 0 Å². The van der Waals surface area contributed by atoms with E-state index in [4.69, 9.17) is 4.74 Å². The Labute approximate surface area is 169 Å². The highest BCUT2D eigenvalue weighted by Gasteiger charge is 2.42. The van der Waals surface area contributed by atoms with E-state index in [1.54, 1.807) is 0 Å². The highest BCUT2D eigenvalue weighted by Crippen LogP contribution is 2.28. The highest BCUT2D eigenvalue weighted by molar-refractivity contribution is 6.03. The van der Waals surface area contributed by atoms with Gasteiger partial charge in [-0.25, -0.2) is 0 Å². The fraction of sp³-hybridized carbons (Fsp3) is 0.400. The van der Waals surface area contributed by atoms with Crippen LogP contribution < -0.4 is 0 Å². The van der Waals surface area contributed by atoms with E-state index in [1.165, 1.54) is 5.56 Å². The third-order valence-electron chi connectivity index (χ3n) is 5.29. The van der Waals surface area contributed by atoms with Crippen molar-refractivity contribution in [2.75, 3.05) is 13.1 Å². The first-order valence-corrected chi connectivity index (χ1v) is 10.3. The van der Waals surface area contributed by atoms with Gasteiger partial charge in [-0.3, -0.25) is 9.69 Å². The van der Waals surface area contributed by atoms with E-state index in [9.17, 15) is 4.79 Å². The van der Waals surface area contributed by atoms with E-state index in [0.717, 1.165) is 36.9 Å². The van der Waals surface area contributed by atoms with Crippen LogP contribution >= 0.6 is 0 Å². The van der Waals surface area contributed by atoms with Gasteiger partial charge in [0.2, 0.25) is 0 Å². The minimum absolute atomic E-state index is 0.142. The molecule has 0 bridgehead atoms. The van der Waals surface area contributed by atoms with Crippen LogP contribution in [0, 0.1) is 0 Å². The lowest BCUT2D eigenvalue weighted by Gasteiger charge is -2.40. The summed E-state index contributed by atoms with van der Waals surface area (Å²) >= 11 is 0. The molecule has 1 atom stereocenters. The van der Waals surface area contributed by atoms with Crippen molar-refractivity contribution in [3.63, 3.8) is 0 Å². The number of hydrogen-bond donors (Lipinski definition) is 0. The zero-order valence-corrected chi connectivity index (χ0v) is 17.1. The number of Topliss-reactive ketones (excluding diaryl/α,β-unsaturated/α-hetero) is 1. The second kappa shape index (κ2) is 9.81. The number of nitrogens with zero attached hydrogens (tertiary/aromatic N) is 1. The number of rotatable bonds is 8. The molecular weight excluding hydrogens is 346 g/mol. The molecule has 1 aliphatic heterocycles. The quantitative estimate of drug-likeness (QED) is 0.470. The van der Waals surface area contributed by atoms with Crippen molar-refractivity contribution in [2.45, 2.75) is 51.9 Å². The van der Waals surface area contributed by atoms with Gasteiger partial charge in [0.05, 0.1) is 6.61 Å². The van der Waals surface area contributed by atoms with E-state index in [1.807, 2.05) is 43.3 Å². The monoisotopic (exact) mass is 377 g/mol. The molecule has 28 heavy (non-hydrogen) atoms. The molecule has 3 heteroatoms. The number of carbonyl (C=O) groups excluding carboxylic acids is 1. The molecule has 0 radical (unpaired) electrons. The number of carbonyl (C=O) groups is 1. The summed E-state index contributed by atoms with van der Waals surface area (Å²) in [5, 5.41) is 0. The maximum Gasteiger partial charge on any atom is 0.192 e. The Morgan fingerprint density at radius 2 is 1.68 bits per heavy atom. The second-order valence-electron chi connectivity index (χ2n) is 7.84. The largest absolute Gasteiger partial charge is 0.361 e. The summed E-state index contributed by atoms with van der Waals surface area (Å²) in [6.45, 7) is 6.70. The molecule has 1 heterocycles. The summed E-state index contributed by atoms with van der Waals surface area (Å²) in [6.07, 6.45) is 5.32. The molecule has 0 spiro atoms. The molecule has 2 aromatic rings. The van der Waals surface area contributed by atoms with Crippen molar-refractivity contribution in [1.29, 1.82) is 0 Å². The third-order valence-corrected chi connectivity index (χ3v) is 5.29. The van der Waals surface area contributed by atoms with E-state index in [0.29, 0.717) is 19.7 Å². The average molecular weight is 378 g/mol. The summed E-state index contributed by atoms with van der Waals surface area (Å²) in [4.78, 5) is 15.6. The van der Waals surface area contributed by atoms with Gasteiger partial charge in [0.15, 0.2) is 5.78 Å². The number of ketones is 1. The minimum atomic E-state index is -0.819. The fourth-order valence-electron chi connectivity index (χ4n) is 3.73. The lowest BCUT2D eigenvalue weighted by atomic mass is 9.88. The van der Waals surface area contributed by atoms with Gasteiger partial charge in [0.25, 0.3) is 0 Å². The number of ether oxygens (including phenoxy) is 1. The van der Waals surface area contributed by atoms with Gasteiger partial charge in [-0.2, -0.15) is 0 Å². The van der Waals surface area contributed by atoms with E-state index in [-0.39, 0.29) is 5.78 Å². The van der Waals surface area contributed by atoms with Crippen LogP contribution in [0.4, 0.5) is 0 Å². The molecule has 0 N–H and O–H groups in total. The maximum atomic E-state index is 13.2. The molecule has 1 fully saturated rings. The van der Waals surface area contributed by atoms with Crippen molar-refractivity contribution in [3.8, 4) is 0 Å². The summed E-state index contributed by atoms with van der Waals surface area (Å²) in [5.41, 5.74) is 2.43. The first-order chi connectivity index (χ1) is 13.6. The van der Waals surface area contributed by atoms with Crippen LogP contribution in [-0.2, 0) is 22.7 Å². The molecule has 148 valence electrons. The first kappa shape index (κ1) is 20.5. The predicted octanol–water partition coefficient (Wildman–Crippen LogP) is 5.16. The van der Waals surface area contributed by atoms with Crippen molar-refractivity contribution in [2.24, 2.45) is 0 Å². The van der Waals surface area contributed by atoms with Gasteiger partial charge in [0.1, 0.15) is 5.60 Å². The van der Waals surface area contributed by atoms with Crippen LogP contribution in [0.2, 0.25) is 0 Å². The smallest absolute Gasteiger partial charge is 0.192 e. The van der Waals surface area contributed by atoms with Crippen molar-refractivity contribution < 1.29 is 9.53 Å². The summed E-state index contributed by atoms with van der Waals surface area (Å²) < 4.78 is 6.24. The molecule has 1 saturated heterocycles. The van der Waals surface area contributed by atoms with Gasteiger partial charge in [-0.1, -0.05) is 86.5 Å². The molecular formula is C25H31NO2. The molecule has 0 aromatic heterocycles. The zero-order chi connectivity index (χ0) is 19.8. The number of benzene rings is 2. The van der Waals surface area contributed by atoms with Crippen molar-refractivity contribution >= 4 is 5.78 Å². The molecule has 2 aromatic carbocycles. The van der Waals surface area contributed by atoms with Crippen LogP contribution in [0.3, 0.4) is 0 Å². The van der Waals surface area contributed by atoms with Gasteiger partial charge >= 0.3 is 0 Å². The van der Waals surface area contributed by atoms with Crippen LogP contribution in [0.1, 0.15) is 44.2 Å². The number of hydrogen-bond acceptors (Lipinski definition) is 3. The number of likely N-dealkylation sites (tertiary alicyclic amines) is 1. The Morgan fingerprint density at radius 1 is 1.04 bits per heavy atom. The lowest BCUT2D eigenvalue weighted by molar-refractivity contribution is -0.147. The summed E-state index contributed by atoms with van der Waals surface area (Å²) in [7, 11) is 0. The van der Waals surface area contributed by atoms with Crippen LogP contribution in [0.25, 0.3) is 0 Å². The molecule has 3 rings (SSSR count). The molecule has 3 nitrogen and oxygen atoms in total. The Kier molecular flexibility index (Phi) is 7.18. The highest BCUT2D eigenvalue weighted by atomic mass is 16.5. The number of unbranched alkanes of at least 4 members (excludes halogenated alkanes) is 2. The molecule has 0 amide bonds. The van der Waals surface area contributed by atoms with Crippen molar-refractivity contribution in [1.82, 2.24) is 4.90 Å². The molecule has 0 saturated carbocycles. The van der Waals surface area contributed by atoms with E-state index < -0.39 is 5.60 Å². The Morgan fingerprint density at radius 3 is 2.32 bits per heavy atom. The normalized spacial score (nSPS) is 21.9.